The van der Waals surface area contributed by atoms with Crippen molar-refractivity contribution < 1.29 is 4.79 Å². The first-order valence-corrected chi connectivity index (χ1v) is 7.15. The minimum atomic E-state index is 0.379. The summed E-state index contributed by atoms with van der Waals surface area (Å²) in [6.07, 6.45) is 5.53. The van der Waals surface area contributed by atoms with Crippen LogP contribution in [0.2, 0.25) is 0 Å². The van der Waals surface area contributed by atoms with Crippen molar-refractivity contribution in [2.45, 2.75) is 38.6 Å². The lowest BCUT2D eigenvalue weighted by molar-refractivity contribution is -0.119. The van der Waals surface area contributed by atoms with Crippen LogP contribution < -0.4 is 0 Å². The first-order valence-electron chi connectivity index (χ1n) is 7.15. The summed E-state index contributed by atoms with van der Waals surface area (Å²) in [7, 11) is 0. The SMILES string of the molecule is O=C(Cc1ccccc1CN1CCCC1)C1CC1. The molecule has 0 aromatic heterocycles. The molecule has 2 aliphatic rings. The molecule has 18 heavy (non-hydrogen) atoms. The summed E-state index contributed by atoms with van der Waals surface area (Å²) in [6, 6.07) is 8.47. The molecule has 2 heteroatoms. The van der Waals surface area contributed by atoms with Gasteiger partial charge in [0.25, 0.3) is 0 Å². The fourth-order valence-corrected chi connectivity index (χ4v) is 2.80. The Morgan fingerprint density at radius 2 is 1.78 bits per heavy atom. The van der Waals surface area contributed by atoms with Gasteiger partial charge in [0.1, 0.15) is 5.78 Å². The largest absolute Gasteiger partial charge is 0.299 e. The Bertz CT molecular complexity index is 430. The molecule has 0 bridgehead atoms. The number of carbonyl (C=O) groups excluding carboxylic acids is 1. The standard InChI is InChI=1S/C16H21NO/c18-16(13-7-8-13)11-14-5-1-2-6-15(14)12-17-9-3-4-10-17/h1-2,5-6,13H,3-4,7-12H2. The van der Waals surface area contributed by atoms with E-state index in [1.807, 2.05) is 0 Å². The van der Waals surface area contributed by atoms with Gasteiger partial charge < -0.3 is 0 Å². The van der Waals surface area contributed by atoms with Crippen LogP contribution in [-0.4, -0.2) is 23.8 Å². The van der Waals surface area contributed by atoms with Crippen LogP contribution in [0.25, 0.3) is 0 Å². The van der Waals surface area contributed by atoms with E-state index in [4.69, 9.17) is 0 Å². The summed E-state index contributed by atoms with van der Waals surface area (Å²) in [5.74, 6) is 0.828. The van der Waals surface area contributed by atoms with Gasteiger partial charge in [0.05, 0.1) is 0 Å². The monoisotopic (exact) mass is 243 g/mol. The highest BCUT2D eigenvalue weighted by Crippen LogP contribution is 2.31. The van der Waals surface area contributed by atoms with Crippen LogP contribution in [-0.2, 0) is 17.8 Å². The predicted octanol–water partition coefficient (Wildman–Crippen LogP) is 2.80. The van der Waals surface area contributed by atoms with Gasteiger partial charge in [-0.25, -0.2) is 0 Å². The van der Waals surface area contributed by atoms with Gasteiger partial charge in [-0.05, 0) is 49.9 Å². The number of rotatable bonds is 5. The van der Waals surface area contributed by atoms with E-state index in [0.717, 1.165) is 19.4 Å². The average Bonchev–Trinajstić information content (AvgIpc) is 3.11. The van der Waals surface area contributed by atoms with E-state index < -0.39 is 0 Å². The summed E-state index contributed by atoms with van der Waals surface area (Å²) in [5.41, 5.74) is 2.61. The van der Waals surface area contributed by atoms with Crippen LogP contribution in [0.5, 0.6) is 0 Å². The Hall–Kier alpha value is -1.15. The number of hydrogen-bond acceptors (Lipinski definition) is 2. The fraction of sp³-hybridized carbons (Fsp3) is 0.562. The summed E-state index contributed by atoms with van der Waals surface area (Å²) in [4.78, 5) is 14.5. The number of ketones is 1. The molecule has 96 valence electrons. The van der Waals surface area contributed by atoms with Gasteiger partial charge >= 0.3 is 0 Å². The molecule has 1 aliphatic heterocycles. The van der Waals surface area contributed by atoms with Crippen molar-refractivity contribution in [3.63, 3.8) is 0 Å². The Kier molecular flexibility index (Phi) is 3.46. The van der Waals surface area contributed by atoms with Crippen molar-refractivity contribution in [1.29, 1.82) is 0 Å². The van der Waals surface area contributed by atoms with Crippen molar-refractivity contribution in [3.8, 4) is 0 Å². The second kappa shape index (κ2) is 5.23. The van der Waals surface area contributed by atoms with Crippen molar-refractivity contribution in [2.75, 3.05) is 13.1 Å². The third-order valence-electron chi connectivity index (χ3n) is 4.11. The van der Waals surface area contributed by atoms with Crippen molar-refractivity contribution >= 4 is 5.78 Å². The summed E-state index contributed by atoms with van der Waals surface area (Å²) in [5, 5.41) is 0. The third kappa shape index (κ3) is 2.81. The first-order chi connectivity index (χ1) is 8.83. The molecule has 1 aromatic rings. The maximum Gasteiger partial charge on any atom is 0.140 e. The molecule has 0 unspecified atom stereocenters. The number of nitrogens with zero attached hydrogens (tertiary/aromatic N) is 1. The van der Waals surface area contributed by atoms with Gasteiger partial charge in [0.15, 0.2) is 0 Å². The van der Waals surface area contributed by atoms with E-state index in [-0.39, 0.29) is 0 Å². The highest BCUT2D eigenvalue weighted by molar-refractivity contribution is 5.85. The zero-order valence-electron chi connectivity index (χ0n) is 10.9. The molecule has 1 saturated heterocycles. The van der Waals surface area contributed by atoms with E-state index >= 15 is 0 Å². The number of Topliss-reactive ketones (excluding diaryl/α,β-unsaturated/α-hetero) is 1. The average molecular weight is 243 g/mol. The molecule has 2 nitrogen and oxygen atoms in total. The Balaban J connectivity index is 1.69. The van der Waals surface area contributed by atoms with E-state index in [2.05, 4.69) is 29.2 Å². The molecule has 2 fully saturated rings. The van der Waals surface area contributed by atoms with Gasteiger partial charge in [0.2, 0.25) is 0 Å². The van der Waals surface area contributed by atoms with Crippen LogP contribution in [0.15, 0.2) is 24.3 Å². The van der Waals surface area contributed by atoms with Gasteiger partial charge in [0, 0.05) is 18.9 Å². The van der Waals surface area contributed by atoms with Crippen molar-refractivity contribution in [3.05, 3.63) is 35.4 Å². The highest BCUT2D eigenvalue weighted by atomic mass is 16.1. The number of likely N-dealkylation sites (tertiary alicyclic amines) is 1. The quantitative estimate of drug-likeness (QED) is 0.792. The minimum Gasteiger partial charge on any atom is -0.299 e. The second-order valence-electron chi connectivity index (χ2n) is 5.67. The van der Waals surface area contributed by atoms with E-state index in [1.165, 1.54) is 37.1 Å². The number of benzene rings is 1. The van der Waals surface area contributed by atoms with Crippen LogP contribution in [0.3, 0.4) is 0 Å². The normalized spacial score (nSPS) is 20.2. The van der Waals surface area contributed by atoms with Gasteiger partial charge in [-0.15, -0.1) is 0 Å². The van der Waals surface area contributed by atoms with Gasteiger partial charge in [-0.1, -0.05) is 24.3 Å². The number of carbonyl (C=O) groups is 1. The molecule has 0 amide bonds. The third-order valence-corrected chi connectivity index (χ3v) is 4.11. The highest BCUT2D eigenvalue weighted by Gasteiger charge is 2.29. The lowest BCUT2D eigenvalue weighted by atomic mass is 10.00. The van der Waals surface area contributed by atoms with Crippen LogP contribution >= 0.6 is 0 Å². The van der Waals surface area contributed by atoms with E-state index in [0.29, 0.717) is 18.1 Å². The molecule has 3 rings (SSSR count). The van der Waals surface area contributed by atoms with Crippen LogP contribution in [0.4, 0.5) is 0 Å². The maximum absolute atomic E-state index is 12.0. The molecule has 0 N–H and O–H groups in total. The molecular formula is C16H21NO. The minimum absolute atomic E-state index is 0.379. The Morgan fingerprint density at radius 3 is 2.44 bits per heavy atom. The molecule has 1 aliphatic carbocycles. The zero-order chi connectivity index (χ0) is 12.4. The molecular weight excluding hydrogens is 222 g/mol. The van der Waals surface area contributed by atoms with E-state index in [1.54, 1.807) is 0 Å². The molecule has 0 spiro atoms. The lowest BCUT2D eigenvalue weighted by Gasteiger charge is -2.17. The Labute approximate surface area is 109 Å². The van der Waals surface area contributed by atoms with Gasteiger partial charge in [-0.2, -0.15) is 0 Å². The molecule has 0 atom stereocenters. The molecule has 0 radical (unpaired) electrons. The zero-order valence-corrected chi connectivity index (χ0v) is 10.9. The van der Waals surface area contributed by atoms with E-state index in [9.17, 15) is 4.79 Å². The van der Waals surface area contributed by atoms with Crippen LogP contribution in [0, 0.1) is 5.92 Å². The van der Waals surface area contributed by atoms with Crippen molar-refractivity contribution in [1.82, 2.24) is 4.90 Å². The first kappa shape index (κ1) is 11.9. The number of hydrogen-bond donors (Lipinski definition) is 0. The Morgan fingerprint density at radius 1 is 1.11 bits per heavy atom. The smallest absolute Gasteiger partial charge is 0.140 e. The van der Waals surface area contributed by atoms with Crippen molar-refractivity contribution in [2.24, 2.45) is 5.92 Å². The van der Waals surface area contributed by atoms with Crippen LogP contribution in [0.1, 0.15) is 36.8 Å². The second-order valence-corrected chi connectivity index (χ2v) is 5.67. The molecule has 1 saturated carbocycles. The fourth-order valence-electron chi connectivity index (χ4n) is 2.80. The molecule has 1 aromatic carbocycles. The topological polar surface area (TPSA) is 20.3 Å². The van der Waals surface area contributed by atoms with Gasteiger partial charge in [-0.3, -0.25) is 9.69 Å². The summed E-state index contributed by atoms with van der Waals surface area (Å²) < 4.78 is 0. The predicted molar refractivity (Wildman–Crippen MR) is 72.4 cm³/mol. The maximum atomic E-state index is 12.0. The molecule has 1 heterocycles. The summed E-state index contributed by atoms with van der Waals surface area (Å²) in [6.45, 7) is 3.45. The lowest BCUT2D eigenvalue weighted by Crippen LogP contribution is -2.20. The summed E-state index contributed by atoms with van der Waals surface area (Å²) >= 11 is 0.